The third-order valence-corrected chi connectivity index (χ3v) is 4.37. The van der Waals surface area contributed by atoms with Gasteiger partial charge in [0.25, 0.3) is 11.1 Å². The van der Waals surface area contributed by atoms with Gasteiger partial charge in [0.15, 0.2) is 17.6 Å². The van der Waals surface area contributed by atoms with E-state index in [0.29, 0.717) is 29.5 Å². The summed E-state index contributed by atoms with van der Waals surface area (Å²) in [6.45, 7) is 1.98. The number of anilines is 1. The number of amides is 2. The number of hydrogen-bond acceptors (Lipinski definition) is 7. The van der Waals surface area contributed by atoms with Gasteiger partial charge in [0, 0.05) is 24.1 Å². The number of thioether (sulfide) groups is 1. The smallest absolute Gasteiger partial charge is 0.326 e. The summed E-state index contributed by atoms with van der Waals surface area (Å²) in [6.07, 6.45) is -0.978. The molecule has 1 N–H and O–H groups in total. The van der Waals surface area contributed by atoms with E-state index in [9.17, 15) is 14.4 Å². The summed E-state index contributed by atoms with van der Waals surface area (Å²) in [5, 5.41) is 2.49. The van der Waals surface area contributed by atoms with Crippen LogP contribution in [-0.4, -0.2) is 53.8 Å². The average Bonchev–Trinajstić information content (AvgIpc) is 3.16. The first-order valence-corrected chi connectivity index (χ1v) is 8.33. The Morgan fingerprint density at radius 2 is 2.17 bits per heavy atom. The minimum absolute atomic E-state index is 0.145. The highest BCUT2D eigenvalue weighted by molar-refractivity contribution is 8.13. The zero-order valence-electron chi connectivity index (χ0n) is 12.9. The SMILES string of the molecule is C[C@@H](OC(=O)CN1CCSC1=O)C(=O)Nc1ccc2c(c1)OCO2. The van der Waals surface area contributed by atoms with Gasteiger partial charge in [0.1, 0.15) is 6.54 Å². The van der Waals surface area contributed by atoms with Gasteiger partial charge in [-0.1, -0.05) is 11.8 Å². The lowest BCUT2D eigenvalue weighted by atomic mass is 10.2. The fraction of sp³-hybridized carbons (Fsp3) is 0.400. The van der Waals surface area contributed by atoms with Gasteiger partial charge in [-0.25, -0.2) is 0 Å². The van der Waals surface area contributed by atoms with Gasteiger partial charge in [-0.15, -0.1) is 0 Å². The van der Waals surface area contributed by atoms with Crippen molar-refractivity contribution in [3.8, 4) is 11.5 Å². The molecular formula is C15H16N2O6S. The minimum Gasteiger partial charge on any atom is -0.454 e. The van der Waals surface area contributed by atoms with Crippen LogP contribution in [0.25, 0.3) is 0 Å². The molecule has 0 aromatic heterocycles. The summed E-state index contributed by atoms with van der Waals surface area (Å²) in [4.78, 5) is 36.8. The van der Waals surface area contributed by atoms with Gasteiger partial charge >= 0.3 is 5.97 Å². The Hall–Kier alpha value is -2.42. The zero-order valence-corrected chi connectivity index (χ0v) is 13.8. The third-order valence-electron chi connectivity index (χ3n) is 3.48. The van der Waals surface area contributed by atoms with Crippen molar-refractivity contribution < 1.29 is 28.6 Å². The van der Waals surface area contributed by atoms with E-state index in [1.807, 2.05) is 0 Å². The van der Waals surface area contributed by atoms with Crippen LogP contribution in [0.2, 0.25) is 0 Å². The Labute approximate surface area is 142 Å². The number of ether oxygens (including phenoxy) is 3. The molecule has 0 spiro atoms. The van der Waals surface area contributed by atoms with Gasteiger partial charge in [-0.05, 0) is 19.1 Å². The number of carbonyl (C=O) groups is 3. The maximum absolute atomic E-state index is 12.1. The molecule has 0 bridgehead atoms. The maximum atomic E-state index is 12.1. The first kappa shape index (κ1) is 16.4. The molecule has 2 amide bonds. The van der Waals surface area contributed by atoms with Gasteiger partial charge in [-0.3, -0.25) is 14.4 Å². The quantitative estimate of drug-likeness (QED) is 0.802. The van der Waals surface area contributed by atoms with E-state index in [2.05, 4.69) is 5.32 Å². The fourth-order valence-electron chi connectivity index (χ4n) is 2.23. The van der Waals surface area contributed by atoms with E-state index in [0.717, 1.165) is 11.8 Å². The molecule has 0 unspecified atom stereocenters. The Morgan fingerprint density at radius 3 is 2.92 bits per heavy atom. The molecule has 24 heavy (non-hydrogen) atoms. The predicted molar refractivity (Wildman–Crippen MR) is 86.2 cm³/mol. The molecule has 128 valence electrons. The molecule has 2 heterocycles. The molecule has 9 heteroatoms. The van der Waals surface area contributed by atoms with Crippen LogP contribution in [0.4, 0.5) is 10.5 Å². The lowest BCUT2D eigenvalue weighted by molar-refractivity contribution is -0.153. The molecule has 8 nitrogen and oxygen atoms in total. The molecule has 1 saturated heterocycles. The second-order valence-corrected chi connectivity index (χ2v) is 6.27. The van der Waals surface area contributed by atoms with Crippen LogP contribution in [0, 0.1) is 0 Å². The summed E-state index contributed by atoms with van der Waals surface area (Å²) in [5.41, 5.74) is 0.512. The second kappa shape index (κ2) is 7.00. The summed E-state index contributed by atoms with van der Waals surface area (Å²) in [5.74, 6) is 0.735. The highest BCUT2D eigenvalue weighted by Crippen LogP contribution is 2.34. The molecule has 1 aromatic rings. The maximum Gasteiger partial charge on any atom is 0.326 e. The molecule has 2 aliphatic heterocycles. The van der Waals surface area contributed by atoms with E-state index in [-0.39, 0.29) is 18.6 Å². The normalized spacial score (nSPS) is 16.9. The molecule has 0 aliphatic carbocycles. The standard InChI is InChI=1S/C15H16N2O6S/c1-9(23-13(18)7-17-4-5-24-15(17)20)14(19)16-10-2-3-11-12(6-10)22-8-21-11/h2-3,6,9H,4-5,7-8H2,1H3,(H,16,19)/t9-/m1/s1. The highest BCUT2D eigenvalue weighted by atomic mass is 32.2. The Balaban J connectivity index is 1.51. The van der Waals surface area contributed by atoms with Crippen LogP contribution >= 0.6 is 11.8 Å². The number of nitrogens with zero attached hydrogens (tertiary/aromatic N) is 1. The van der Waals surface area contributed by atoms with Crippen LogP contribution < -0.4 is 14.8 Å². The van der Waals surface area contributed by atoms with Crippen LogP contribution in [0.1, 0.15) is 6.92 Å². The van der Waals surface area contributed by atoms with Gasteiger partial charge in [0.2, 0.25) is 6.79 Å². The average molecular weight is 352 g/mol. The molecule has 1 aromatic carbocycles. The Kier molecular flexibility index (Phi) is 4.79. The first-order chi connectivity index (χ1) is 11.5. The number of esters is 1. The van der Waals surface area contributed by atoms with Gasteiger partial charge in [0.05, 0.1) is 0 Å². The van der Waals surface area contributed by atoms with Crippen LogP contribution in [0.15, 0.2) is 18.2 Å². The van der Waals surface area contributed by atoms with E-state index in [1.54, 1.807) is 18.2 Å². The van der Waals surface area contributed by atoms with Crippen molar-refractivity contribution in [1.29, 1.82) is 0 Å². The highest BCUT2D eigenvalue weighted by Gasteiger charge is 2.26. The number of benzene rings is 1. The molecule has 0 saturated carbocycles. The van der Waals surface area contributed by atoms with Crippen LogP contribution in [0.3, 0.4) is 0 Å². The molecule has 1 atom stereocenters. The third kappa shape index (κ3) is 3.73. The number of carbonyl (C=O) groups excluding carboxylic acids is 3. The molecule has 0 radical (unpaired) electrons. The van der Waals surface area contributed by atoms with Gasteiger partial charge < -0.3 is 24.4 Å². The van der Waals surface area contributed by atoms with Gasteiger partial charge in [-0.2, -0.15) is 0 Å². The van der Waals surface area contributed by atoms with Crippen molar-refractivity contribution >= 4 is 34.6 Å². The van der Waals surface area contributed by atoms with E-state index < -0.39 is 18.0 Å². The largest absolute Gasteiger partial charge is 0.454 e. The summed E-state index contributed by atoms with van der Waals surface area (Å²) in [6, 6.07) is 4.99. The van der Waals surface area contributed by atoms with Crippen molar-refractivity contribution in [2.75, 3.05) is 31.0 Å². The number of fused-ring (bicyclic) bond motifs is 1. The zero-order chi connectivity index (χ0) is 17.1. The second-order valence-electron chi connectivity index (χ2n) is 5.23. The topological polar surface area (TPSA) is 94.2 Å². The molecule has 3 rings (SSSR count). The van der Waals surface area contributed by atoms with Crippen molar-refractivity contribution in [1.82, 2.24) is 4.90 Å². The fourth-order valence-corrected chi connectivity index (χ4v) is 3.06. The summed E-state index contributed by atoms with van der Waals surface area (Å²) < 4.78 is 15.5. The molecule has 1 fully saturated rings. The van der Waals surface area contributed by atoms with Crippen molar-refractivity contribution in [3.05, 3.63) is 18.2 Å². The number of nitrogens with one attached hydrogen (secondary N) is 1. The van der Waals surface area contributed by atoms with Crippen molar-refractivity contribution in [3.63, 3.8) is 0 Å². The van der Waals surface area contributed by atoms with Crippen LogP contribution in [0.5, 0.6) is 11.5 Å². The van der Waals surface area contributed by atoms with Crippen LogP contribution in [-0.2, 0) is 14.3 Å². The number of rotatable bonds is 5. The predicted octanol–water partition coefficient (Wildman–Crippen LogP) is 1.45. The number of hydrogen-bond donors (Lipinski definition) is 1. The first-order valence-electron chi connectivity index (χ1n) is 7.34. The molecular weight excluding hydrogens is 336 g/mol. The van der Waals surface area contributed by atoms with E-state index in [4.69, 9.17) is 14.2 Å². The van der Waals surface area contributed by atoms with Crippen molar-refractivity contribution in [2.45, 2.75) is 13.0 Å². The lowest BCUT2D eigenvalue weighted by Crippen LogP contribution is -2.36. The summed E-state index contributed by atoms with van der Waals surface area (Å²) >= 11 is 1.16. The summed E-state index contributed by atoms with van der Waals surface area (Å²) in [7, 11) is 0. The Morgan fingerprint density at radius 1 is 1.38 bits per heavy atom. The van der Waals surface area contributed by atoms with Crippen molar-refractivity contribution in [2.24, 2.45) is 0 Å². The van der Waals surface area contributed by atoms with E-state index in [1.165, 1.54) is 11.8 Å². The minimum atomic E-state index is -0.978. The monoisotopic (exact) mass is 352 g/mol. The lowest BCUT2D eigenvalue weighted by Gasteiger charge is -2.17. The molecule has 2 aliphatic rings. The Bertz CT molecular complexity index is 680. The van der Waals surface area contributed by atoms with E-state index >= 15 is 0 Å².